The lowest BCUT2D eigenvalue weighted by atomic mass is 10.0. The highest BCUT2D eigenvalue weighted by Gasteiger charge is 2.41. The summed E-state index contributed by atoms with van der Waals surface area (Å²) in [5.41, 5.74) is -0.646. The van der Waals surface area contributed by atoms with E-state index in [1.807, 2.05) is 4.90 Å². The van der Waals surface area contributed by atoms with Gasteiger partial charge in [-0.2, -0.15) is 0 Å². The first-order chi connectivity index (χ1) is 9.69. The van der Waals surface area contributed by atoms with Gasteiger partial charge in [-0.15, -0.1) is 24.0 Å². The van der Waals surface area contributed by atoms with Gasteiger partial charge >= 0.3 is 0 Å². The molecule has 0 amide bonds. The second-order valence-corrected chi connectivity index (χ2v) is 9.58. The Morgan fingerprint density at radius 1 is 1.32 bits per heavy atom. The zero-order valence-electron chi connectivity index (χ0n) is 13.6. The highest BCUT2D eigenvalue weighted by atomic mass is 127. The first-order valence-corrected chi connectivity index (χ1v) is 9.25. The van der Waals surface area contributed by atoms with Crippen LogP contribution in [0.4, 0.5) is 0 Å². The Bertz CT molecular complexity index is 513. The molecule has 0 radical (unpaired) electrons. The molecule has 1 aliphatic heterocycles. The lowest BCUT2D eigenvalue weighted by Gasteiger charge is -2.39. The van der Waals surface area contributed by atoms with Gasteiger partial charge in [0.1, 0.15) is 0 Å². The van der Waals surface area contributed by atoms with Crippen LogP contribution in [-0.2, 0) is 9.84 Å². The van der Waals surface area contributed by atoms with Crippen LogP contribution in [0.2, 0.25) is 0 Å². The normalized spacial score (nSPS) is 26.4. The van der Waals surface area contributed by atoms with Crippen LogP contribution in [0.15, 0.2) is 4.99 Å². The molecule has 1 aliphatic carbocycles. The van der Waals surface area contributed by atoms with E-state index < -0.39 is 20.2 Å². The topological polar surface area (TPSA) is 82.0 Å². The summed E-state index contributed by atoms with van der Waals surface area (Å²) in [4.78, 5) is 6.21. The van der Waals surface area contributed by atoms with Crippen LogP contribution in [0.3, 0.4) is 0 Å². The van der Waals surface area contributed by atoms with Crippen LogP contribution < -0.4 is 5.32 Å². The zero-order valence-corrected chi connectivity index (χ0v) is 16.8. The molecule has 1 heterocycles. The number of halogens is 1. The molecule has 1 saturated carbocycles. The quantitative estimate of drug-likeness (QED) is 0.377. The van der Waals surface area contributed by atoms with Crippen molar-refractivity contribution in [1.82, 2.24) is 10.2 Å². The molecule has 0 atom stereocenters. The molecule has 1 saturated heterocycles. The van der Waals surface area contributed by atoms with Gasteiger partial charge in [0, 0.05) is 26.7 Å². The fourth-order valence-electron chi connectivity index (χ4n) is 3.11. The van der Waals surface area contributed by atoms with Gasteiger partial charge in [0.25, 0.3) is 0 Å². The van der Waals surface area contributed by atoms with Gasteiger partial charge < -0.3 is 15.3 Å². The Morgan fingerprint density at radius 2 is 1.91 bits per heavy atom. The third-order valence-corrected chi connectivity index (χ3v) is 7.20. The molecule has 2 fully saturated rings. The Hall–Kier alpha value is -0.0900. The van der Waals surface area contributed by atoms with Crippen LogP contribution >= 0.6 is 24.0 Å². The van der Waals surface area contributed by atoms with Crippen LogP contribution in [-0.4, -0.2) is 67.2 Å². The van der Waals surface area contributed by atoms with Crippen LogP contribution in [0.25, 0.3) is 0 Å². The van der Waals surface area contributed by atoms with Crippen molar-refractivity contribution in [3.8, 4) is 0 Å². The van der Waals surface area contributed by atoms with Crippen LogP contribution in [0, 0.1) is 0 Å². The fraction of sp³-hybridized carbons (Fsp3) is 0.929. The average Bonchev–Trinajstić information content (AvgIpc) is 2.81. The molecule has 0 spiro atoms. The number of sulfone groups is 1. The molecule has 0 unspecified atom stereocenters. The van der Waals surface area contributed by atoms with E-state index in [0.29, 0.717) is 25.6 Å². The van der Waals surface area contributed by atoms with Gasteiger partial charge in [0.2, 0.25) is 0 Å². The molecule has 0 aromatic heterocycles. The number of rotatable bonds is 2. The summed E-state index contributed by atoms with van der Waals surface area (Å²) >= 11 is 0. The minimum atomic E-state index is -3.05. The first kappa shape index (κ1) is 20.0. The maximum atomic E-state index is 12.1. The molecular weight excluding hydrogens is 417 g/mol. The molecule has 22 heavy (non-hydrogen) atoms. The molecule has 130 valence electrons. The molecule has 6 nitrogen and oxygen atoms in total. The van der Waals surface area contributed by atoms with E-state index in [1.54, 1.807) is 20.9 Å². The van der Waals surface area contributed by atoms with Crippen molar-refractivity contribution in [1.29, 1.82) is 0 Å². The Kier molecular flexibility index (Phi) is 6.54. The van der Waals surface area contributed by atoms with E-state index >= 15 is 0 Å². The smallest absolute Gasteiger partial charge is 0.193 e. The van der Waals surface area contributed by atoms with Crippen molar-refractivity contribution in [2.75, 3.05) is 32.4 Å². The van der Waals surface area contributed by atoms with Crippen molar-refractivity contribution >= 4 is 39.8 Å². The minimum Gasteiger partial charge on any atom is -0.388 e. The van der Waals surface area contributed by atoms with E-state index in [0.717, 1.165) is 25.7 Å². The third-order valence-electron chi connectivity index (χ3n) is 4.66. The van der Waals surface area contributed by atoms with Crippen LogP contribution in [0.1, 0.15) is 39.5 Å². The van der Waals surface area contributed by atoms with E-state index in [9.17, 15) is 13.5 Å². The summed E-state index contributed by atoms with van der Waals surface area (Å²) in [6, 6.07) is 0. The van der Waals surface area contributed by atoms with Crippen molar-refractivity contribution < 1.29 is 13.5 Å². The Labute approximate surface area is 150 Å². The molecule has 8 heteroatoms. The second-order valence-electron chi connectivity index (χ2n) is 6.83. The number of aliphatic imine (C=N–C) groups is 1. The van der Waals surface area contributed by atoms with Gasteiger partial charge in [0.15, 0.2) is 15.8 Å². The van der Waals surface area contributed by atoms with E-state index in [-0.39, 0.29) is 29.7 Å². The minimum absolute atomic E-state index is 0. The SMILES string of the molecule is CN=C(NCC1(O)CCCC1)N1CCS(=O)(=O)C(C)(C)C1.I. The summed E-state index contributed by atoms with van der Waals surface area (Å²) in [5.74, 6) is 0.823. The number of nitrogens with one attached hydrogen (secondary N) is 1. The van der Waals surface area contributed by atoms with Crippen LogP contribution in [0.5, 0.6) is 0 Å². The third kappa shape index (κ3) is 4.25. The van der Waals surface area contributed by atoms with Crippen molar-refractivity contribution in [2.24, 2.45) is 4.99 Å². The second kappa shape index (κ2) is 7.21. The fourth-order valence-corrected chi connectivity index (χ4v) is 4.48. The summed E-state index contributed by atoms with van der Waals surface area (Å²) in [6.07, 6.45) is 3.76. The molecule has 2 N–H and O–H groups in total. The predicted molar refractivity (Wildman–Crippen MR) is 99.6 cm³/mol. The molecule has 0 bridgehead atoms. The van der Waals surface area contributed by atoms with Crippen molar-refractivity contribution in [3.05, 3.63) is 0 Å². The van der Waals surface area contributed by atoms with E-state index in [1.165, 1.54) is 0 Å². The summed E-state index contributed by atoms with van der Waals surface area (Å²) < 4.78 is 23.3. The maximum Gasteiger partial charge on any atom is 0.193 e. The summed E-state index contributed by atoms with van der Waals surface area (Å²) in [7, 11) is -1.36. The lowest BCUT2D eigenvalue weighted by molar-refractivity contribution is 0.0515. The Balaban J connectivity index is 0.00000242. The van der Waals surface area contributed by atoms with Gasteiger partial charge in [-0.3, -0.25) is 4.99 Å². The molecule has 2 rings (SSSR count). The number of nitrogens with zero attached hydrogens (tertiary/aromatic N) is 2. The highest BCUT2D eigenvalue weighted by molar-refractivity contribution is 14.0. The molecule has 2 aliphatic rings. The number of hydrogen-bond donors (Lipinski definition) is 2. The number of hydrogen-bond acceptors (Lipinski definition) is 4. The molecule has 0 aromatic rings. The largest absolute Gasteiger partial charge is 0.388 e. The Morgan fingerprint density at radius 3 is 2.41 bits per heavy atom. The number of guanidine groups is 1. The summed E-state index contributed by atoms with van der Waals surface area (Å²) in [5, 5.41) is 13.6. The maximum absolute atomic E-state index is 12.1. The zero-order chi connectivity index (χ0) is 15.7. The van der Waals surface area contributed by atoms with Gasteiger partial charge in [-0.25, -0.2) is 8.42 Å². The van der Waals surface area contributed by atoms with E-state index in [2.05, 4.69) is 10.3 Å². The highest BCUT2D eigenvalue weighted by Crippen LogP contribution is 2.29. The number of aliphatic hydroxyl groups is 1. The summed E-state index contributed by atoms with van der Waals surface area (Å²) in [6.45, 7) is 4.86. The first-order valence-electron chi connectivity index (χ1n) is 7.59. The molecule has 0 aromatic carbocycles. The monoisotopic (exact) mass is 445 g/mol. The van der Waals surface area contributed by atoms with Crippen molar-refractivity contribution in [2.45, 2.75) is 49.9 Å². The predicted octanol–water partition coefficient (Wildman–Crippen LogP) is 0.994. The molecular formula is C14H28IN3O3S. The standard InChI is InChI=1S/C14H27N3O3S.HI/c1-13(2)11-17(8-9-21(13,19)20)12(15-3)16-10-14(18)6-4-5-7-14;/h18H,4-11H2,1-3H3,(H,15,16);1H. The lowest BCUT2D eigenvalue weighted by Crippen LogP contribution is -2.58. The van der Waals surface area contributed by atoms with Gasteiger partial charge in [-0.1, -0.05) is 12.8 Å². The average molecular weight is 445 g/mol. The van der Waals surface area contributed by atoms with Crippen molar-refractivity contribution in [3.63, 3.8) is 0 Å². The van der Waals surface area contributed by atoms with E-state index in [4.69, 9.17) is 0 Å². The van der Waals surface area contributed by atoms with Gasteiger partial charge in [-0.05, 0) is 26.7 Å². The van der Waals surface area contributed by atoms with Gasteiger partial charge in [0.05, 0.1) is 16.1 Å².